The Morgan fingerprint density at radius 3 is 2.57 bits per heavy atom. The normalized spacial score (nSPS) is 10.8. The van der Waals surface area contributed by atoms with Crippen LogP contribution in [0, 0.1) is 13.8 Å². The van der Waals surface area contributed by atoms with Gasteiger partial charge in [0.2, 0.25) is 0 Å². The molecule has 0 saturated heterocycles. The number of halogens is 1. The number of hydrogen-bond acceptors (Lipinski definition) is 1. The number of rotatable bonds is 0. The monoisotopic (exact) mass is 251 g/mol. The van der Waals surface area contributed by atoms with Gasteiger partial charge in [0, 0.05) is 15.6 Å². The van der Waals surface area contributed by atoms with E-state index >= 15 is 0 Å². The molecule has 0 fully saturated rings. The summed E-state index contributed by atoms with van der Waals surface area (Å²) in [5.74, 6) is 0. The van der Waals surface area contributed by atoms with Crippen LogP contribution in [0.1, 0.15) is 11.3 Å². The molecule has 0 radical (unpaired) electrons. The van der Waals surface area contributed by atoms with Crippen LogP contribution >= 0.6 is 15.9 Å². The van der Waals surface area contributed by atoms with Crippen molar-refractivity contribution in [3.63, 3.8) is 0 Å². The van der Waals surface area contributed by atoms with Crippen LogP contribution in [0.5, 0.6) is 0 Å². The van der Waals surface area contributed by atoms with Crippen LogP contribution in [0.15, 0.2) is 27.5 Å². The van der Waals surface area contributed by atoms with Crippen molar-refractivity contribution in [1.29, 1.82) is 0 Å². The lowest BCUT2D eigenvalue weighted by atomic mass is 10.1. The minimum absolute atomic E-state index is 0.0237. The van der Waals surface area contributed by atoms with Crippen molar-refractivity contribution in [3.05, 3.63) is 44.3 Å². The van der Waals surface area contributed by atoms with Crippen molar-refractivity contribution in [3.8, 4) is 0 Å². The Balaban J connectivity index is 3.02. The van der Waals surface area contributed by atoms with Crippen LogP contribution in [-0.2, 0) is 0 Å². The Labute approximate surface area is 90.1 Å². The maximum absolute atomic E-state index is 11.6. The van der Waals surface area contributed by atoms with Gasteiger partial charge in [0.25, 0.3) is 5.56 Å². The van der Waals surface area contributed by atoms with Gasteiger partial charge < -0.3 is 4.98 Å². The molecule has 0 saturated carbocycles. The number of aromatic nitrogens is 1. The lowest BCUT2D eigenvalue weighted by molar-refractivity contribution is 1.17. The van der Waals surface area contributed by atoms with Gasteiger partial charge >= 0.3 is 0 Å². The molecule has 3 heteroatoms. The zero-order chi connectivity index (χ0) is 10.3. The Bertz CT molecular complexity index is 557. The summed E-state index contributed by atoms with van der Waals surface area (Å²) in [5, 5.41) is 1.76. The number of benzene rings is 1. The summed E-state index contributed by atoms with van der Waals surface area (Å²) < 4.78 is 0.942. The minimum Gasteiger partial charge on any atom is -0.326 e. The van der Waals surface area contributed by atoms with Crippen molar-refractivity contribution in [2.24, 2.45) is 0 Å². The van der Waals surface area contributed by atoms with E-state index in [1.54, 1.807) is 0 Å². The highest BCUT2D eigenvalue weighted by Gasteiger charge is 2.03. The Morgan fingerprint density at radius 2 is 1.86 bits per heavy atom. The molecule has 1 aromatic carbocycles. The smallest absolute Gasteiger partial charge is 0.256 e. The van der Waals surface area contributed by atoms with Gasteiger partial charge in [-0.25, -0.2) is 0 Å². The summed E-state index contributed by atoms with van der Waals surface area (Å²) in [6.07, 6.45) is 0. The molecule has 0 aliphatic heterocycles. The minimum atomic E-state index is -0.0237. The number of hydrogen-bond donors (Lipinski definition) is 1. The maximum atomic E-state index is 11.6. The van der Waals surface area contributed by atoms with E-state index in [9.17, 15) is 4.79 Å². The van der Waals surface area contributed by atoms with E-state index in [0.29, 0.717) is 0 Å². The SMILES string of the molecule is Cc1cc2c(C)cc(Br)cc2c(=O)[nH]1. The molecule has 0 bridgehead atoms. The molecule has 1 aromatic heterocycles. The molecule has 0 amide bonds. The molecule has 2 rings (SSSR count). The van der Waals surface area contributed by atoms with Gasteiger partial charge in [0.15, 0.2) is 0 Å². The first kappa shape index (κ1) is 9.46. The third-order valence-electron chi connectivity index (χ3n) is 2.27. The second-order valence-corrected chi connectivity index (χ2v) is 4.38. The molecular formula is C11H10BrNO. The first-order valence-corrected chi connectivity index (χ1v) is 5.17. The summed E-state index contributed by atoms with van der Waals surface area (Å²) in [6.45, 7) is 3.90. The number of pyridine rings is 1. The average Bonchev–Trinajstić information content (AvgIpc) is 2.07. The third kappa shape index (κ3) is 1.48. The maximum Gasteiger partial charge on any atom is 0.256 e. The quantitative estimate of drug-likeness (QED) is 0.768. The molecule has 0 spiro atoms. The Hall–Kier alpha value is -1.09. The summed E-state index contributed by atoms with van der Waals surface area (Å²) in [6, 6.07) is 5.86. The van der Waals surface area contributed by atoms with E-state index in [-0.39, 0.29) is 5.56 Å². The summed E-state index contributed by atoms with van der Waals surface area (Å²) in [4.78, 5) is 14.4. The third-order valence-corrected chi connectivity index (χ3v) is 2.73. The van der Waals surface area contributed by atoms with Gasteiger partial charge in [-0.1, -0.05) is 15.9 Å². The van der Waals surface area contributed by atoms with Crippen LogP contribution in [0.25, 0.3) is 10.8 Å². The van der Waals surface area contributed by atoms with Crippen molar-refractivity contribution in [1.82, 2.24) is 4.98 Å². The van der Waals surface area contributed by atoms with Gasteiger partial charge in [0.05, 0.1) is 0 Å². The Morgan fingerprint density at radius 1 is 1.14 bits per heavy atom. The van der Waals surface area contributed by atoms with Crippen molar-refractivity contribution in [2.75, 3.05) is 0 Å². The van der Waals surface area contributed by atoms with Gasteiger partial charge in [-0.3, -0.25) is 4.79 Å². The molecular weight excluding hydrogens is 242 g/mol. The first-order chi connectivity index (χ1) is 6.58. The fraction of sp³-hybridized carbons (Fsp3) is 0.182. The molecule has 1 heterocycles. The fourth-order valence-corrected chi connectivity index (χ4v) is 2.21. The van der Waals surface area contributed by atoms with E-state index in [4.69, 9.17) is 0 Å². The standard InChI is InChI=1S/C11H10BrNO/c1-6-3-8(12)5-10-9(6)4-7(2)13-11(10)14/h3-5H,1-2H3,(H,13,14). The van der Waals surface area contributed by atoms with Gasteiger partial charge in [-0.15, -0.1) is 0 Å². The van der Waals surface area contributed by atoms with Gasteiger partial charge in [-0.2, -0.15) is 0 Å². The van der Waals surface area contributed by atoms with Crippen molar-refractivity contribution in [2.45, 2.75) is 13.8 Å². The molecule has 0 atom stereocenters. The van der Waals surface area contributed by atoms with Crippen LogP contribution in [0.3, 0.4) is 0 Å². The summed E-state index contributed by atoms with van der Waals surface area (Å²) >= 11 is 3.38. The number of aromatic amines is 1. The molecule has 0 aliphatic rings. The van der Waals surface area contributed by atoms with E-state index < -0.39 is 0 Å². The van der Waals surface area contributed by atoms with Crippen molar-refractivity contribution >= 4 is 26.7 Å². The highest BCUT2D eigenvalue weighted by Crippen LogP contribution is 2.21. The second-order valence-electron chi connectivity index (χ2n) is 3.47. The number of nitrogens with one attached hydrogen (secondary N) is 1. The topological polar surface area (TPSA) is 32.9 Å². The van der Waals surface area contributed by atoms with E-state index in [2.05, 4.69) is 20.9 Å². The number of H-pyrrole nitrogens is 1. The van der Waals surface area contributed by atoms with E-state index in [1.165, 1.54) is 0 Å². The van der Waals surface area contributed by atoms with Crippen molar-refractivity contribution < 1.29 is 0 Å². The predicted octanol–water partition coefficient (Wildman–Crippen LogP) is 2.91. The molecule has 1 N–H and O–H groups in total. The van der Waals surface area contributed by atoms with Crippen LogP contribution in [-0.4, -0.2) is 4.98 Å². The van der Waals surface area contributed by atoms with Gasteiger partial charge in [-0.05, 0) is 43.0 Å². The molecule has 0 unspecified atom stereocenters. The highest BCUT2D eigenvalue weighted by molar-refractivity contribution is 9.10. The Kier molecular flexibility index (Phi) is 2.19. The zero-order valence-electron chi connectivity index (χ0n) is 8.02. The fourth-order valence-electron chi connectivity index (χ4n) is 1.63. The predicted molar refractivity (Wildman–Crippen MR) is 61.7 cm³/mol. The molecule has 0 aliphatic carbocycles. The van der Waals surface area contributed by atoms with Crippen LogP contribution in [0.4, 0.5) is 0 Å². The second kappa shape index (κ2) is 3.24. The number of aryl methyl sites for hydroxylation is 2. The lowest BCUT2D eigenvalue weighted by Gasteiger charge is -2.03. The summed E-state index contributed by atoms with van der Waals surface area (Å²) in [7, 11) is 0. The van der Waals surface area contributed by atoms with E-state index in [0.717, 1.165) is 26.5 Å². The largest absolute Gasteiger partial charge is 0.326 e. The zero-order valence-corrected chi connectivity index (χ0v) is 9.60. The molecule has 14 heavy (non-hydrogen) atoms. The summed E-state index contributed by atoms with van der Waals surface area (Å²) in [5.41, 5.74) is 1.99. The lowest BCUT2D eigenvalue weighted by Crippen LogP contribution is -2.07. The van der Waals surface area contributed by atoms with Gasteiger partial charge in [0.1, 0.15) is 0 Å². The molecule has 2 nitrogen and oxygen atoms in total. The number of fused-ring (bicyclic) bond motifs is 1. The molecule has 72 valence electrons. The highest BCUT2D eigenvalue weighted by atomic mass is 79.9. The van der Waals surface area contributed by atoms with E-state index in [1.807, 2.05) is 32.0 Å². The molecule has 2 aromatic rings. The first-order valence-electron chi connectivity index (χ1n) is 4.38. The average molecular weight is 252 g/mol. The van der Waals surface area contributed by atoms with Crippen LogP contribution < -0.4 is 5.56 Å². The van der Waals surface area contributed by atoms with Crippen LogP contribution in [0.2, 0.25) is 0 Å².